The van der Waals surface area contributed by atoms with Crippen LogP contribution in [0.15, 0.2) is 16.9 Å². The monoisotopic (exact) mass is 237 g/mol. The van der Waals surface area contributed by atoms with Crippen LogP contribution in [0.2, 0.25) is 0 Å². The third kappa shape index (κ3) is 1.84. The van der Waals surface area contributed by atoms with Crippen molar-refractivity contribution in [3.8, 4) is 0 Å². The zero-order valence-electron chi connectivity index (χ0n) is 9.90. The number of hydrogen-bond acceptors (Lipinski definition) is 1. The number of rotatable bonds is 1. The molecule has 1 N–H and O–H groups in total. The van der Waals surface area contributed by atoms with Gasteiger partial charge in [0, 0.05) is 17.3 Å². The minimum atomic E-state index is -0.740. The molecule has 0 aliphatic carbocycles. The Hall–Kier alpha value is -1.71. The lowest BCUT2D eigenvalue weighted by Gasteiger charge is -2.11. The number of halogens is 2. The van der Waals surface area contributed by atoms with Crippen LogP contribution < -0.4 is 5.43 Å². The number of aromatic amines is 1. The van der Waals surface area contributed by atoms with Gasteiger partial charge in [0.15, 0.2) is 5.43 Å². The molecule has 90 valence electrons. The topological polar surface area (TPSA) is 32.9 Å². The fourth-order valence-corrected chi connectivity index (χ4v) is 2.15. The molecule has 0 aliphatic heterocycles. The van der Waals surface area contributed by atoms with Crippen molar-refractivity contribution in [3.05, 3.63) is 45.2 Å². The molecule has 0 bridgehead atoms. The van der Waals surface area contributed by atoms with Crippen molar-refractivity contribution in [1.82, 2.24) is 4.98 Å². The molecule has 0 fully saturated rings. The van der Waals surface area contributed by atoms with Crippen LogP contribution >= 0.6 is 0 Å². The summed E-state index contributed by atoms with van der Waals surface area (Å²) in [5, 5.41) is 0.0665. The van der Waals surface area contributed by atoms with Gasteiger partial charge in [0.05, 0.1) is 10.9 Å². The van der Waals surface area contributed by atoms with Gasteiger partial charge in [0.2, 0.25) is 0 Å². The van der Waals surface area contributed by atoms with Crippen LogP contribution in [0, 0.1) is 18.6 Å². The molecule has 0 saturated carbocycles. The molecule has 0 unspecified atom stereocenters. The average Bonchev–Trinajstić information content (AvgIpc) is 2.19. The number of benzene rings is 1. The molecule has 0 amide bonds. The van der Waals surface area contributed by atoms with E-state index in [-0.39, 0.29) is 22.2 Å². The highest BCUT2D eigenvalue weighted by atomic mass is 19.1. The van der Waals surface area contributed by atoms with Crippen molar-refractivity contribution in [2.75, 3.05) is 0 Å². The summed E-state index contributed by atoms with van der Waals surface area (Å²) in [7, 11) is 0. The Morgan fingerprint density at radius 3 is 2.47 bits per heavy atom. The number of pyridine rings is 1. The summed E-state index contributed by atoms with van der Waals surface area (Å²) in [4.78, 5) is 15.0. The number of aromatic nitrogens is 1. The van der Waals surface area contributed by atoms with E-state index in [9.17, 15) is 13.6 Å². The smallest absolute Gasteiger partial charge is 0.193 e. The van der Waals surface area contributed by atoms with Crippen molar-refractivity contribution in [2.45, 2.75) is 26.7 Å². The summed E-state index contributed by atoms with van der Waals surface area (Å²) in [6.45, 7) is 5.47. The van der Waals surface area contributed by atoms with E-state index in [0.29, 0.717) is 11.3 Å². The predicted molar refractivity (Wildman–Crippen MR) is 63.3 cm³/mol. The number of hydrogen-bond donors (Lipinski definition) is 1. The van der Waals surface area contributed by atoms with Gasteiger partial charge in [0.1, 0.15) is 11.6 Å². The fraction of sp³-hybridized carbons (Fsp3) is 0.308. The Morgan fingerprint density at radius 1 is 1.24 bits per heavy atom. The Morgan fingerprint density at radius 2 is 1.88 bits per heavy atom. The summed E-state index contributed by atoms with van der Waals surface area (Å²) in [6.07, 6.45) is 0. The summed E-state index contributed by atoms with van der Waals surface area (Å²) < 4.78 is 26.6. The van der Waals surface area contributed by atoms with Crippen molar-refractivity contribution < 1.29 is 8.78 Å². The van der Waals surface area contributed by atoms with Crippen molar-refractivity contribution >= 4 is 10.9 Å². The number of aryl methyl sites for hydroxylation is 1. The van der Waals surface area contributed by atoms with Crippen LogP contribution in [0.3, 0.4) is 0 Å². The first-order valence-corrected chi connectivity index (χ1v) is 5.43. The second-order valence-corrected chi connectivity index (χ2v) is 4.46. The van der Waals surface area contributed by atoms with Crippen LogP contribution in [0.1, 0.15) is 31.0 Å². The van der Waals surface area contributed by atoms with E-state index in [2.05, 4.69) is 4.98 Å². The molecule has 0 saturated heterocycles. The third-order valence-electron chi connectivity index (χ3n) is 2.84. The van der Waals surface area contributed by atoms with E-state index in [4.69, 9.17) is 0 Å². The summed E-state index contributed by atoms with van der Waals surface area (Å²) in [6, 6.07) is 1.84. The van der Waals surface area contributed by atoms with Gasteiger partial charge in [0.25, 0.3) is 0 Å². The number of fused-ring (bicyclic) bond motifs is 1. The van der Waals surface area contributed by atoms with E-state index in [1.54, 1.807) is 6.92 Å². The Labute approximate surface area is 97.3 Å². The first-order chi connectivity index (χ1) is 7.91. The van der Waals surface area contributed by atoms with Gasteiger partial charge in [-0.05, 0) is 18.9 Å². The maximum Gasteiger partial charge on any atom is 0.193 e. The maximum absolute atomic E-state index is 13.5. The van der Waals surface area contributed by atoms with E-state index in [1.165, 1.54) is 0 Å². The van der Waals surface area contributed by atoms with Crippen LogP contribution in [-0.4, -0.2) is 4.98 Å². The molecule has 0 radical (unpaired) electrons. The quantitative estimate of drug-likeness (QED) is 0.811. The molecule has 4 heteroatoms. The Kier molecular flexibility index (Phi) is 2.73. The lowest BCUT2D eigenvalue weighted by molar-refractivity contribution is 0.590. The van der Waals surface area contributed by atoms with E-state index in [0.717, 1.165) is 12.1 Å². The van der Waals surface area contributed by atoms with Gasteiger partial charge in [-0.15, -0.1) is 0 Å². The zero-order valence-corrected chi connectivity index (χ0v) is 9.90. The van der Waals surface area contributed by atoms with E-state index in [1.807, 2.05) is 13.8 Å². The van der Waals surface area contributed by atoms with Gasteiger partial charge in [-0.2, -0.15) is 0 Å². The molecule has 1 heterocycles. The van der Waals surface area contributed by atoms with Gasteiger partial charge in [-0.1, -0.05) is 13.8 Å². The van der Waals surface area contributed by atoms with Gasteiger partial charge >= 0.3 is 0 Å². The highest BCUT2D eigenvalue weighted by Gasteiger charge is 2.15. The largest absolute Gasteiger partial charge is 0.356 e. The van der Waals surface area contributed by atoms with Crippen LogP contribution in [0.5, 0.6) is 0 Å². The zero-order chi connectivity index (χ0) is 12.7. The Bertz CT molecular complexity index is 644. The summed E-state index contributed by atoms with van der Waals surface area (Å²) >= 11 is 0. The van der Waals surface area contributed by atoms with Gasteiger partial charge in [-0.3, -0.25) is 4.79 Å². The van der Waals surface area contributed by atoms with Gasteiger partial charge in [-0.25, -0.2) is 8.78 Å². The predicted octanol–water partition coefficient (Wildman–Crippen LogP) is 3.24. The summed E-state index contributed by atoms with van der Waals surface area (Å²) in [5.74, 6) is -1.47. The minimum absolute atomic E-state index is 0.00878. The van der Waals surface area contributed by atoms with Crippen molar-refractivity contribution in [3.63, 3.8) is 0 Å². The highest BCUT2D eigenvalue weighted by molar-refractivity contribution is 5.80. The first-order valence-electron chi connectivity index (χ1n) is 5.43. The SMILES string of the molecule is Cc1[nH]c2c(F)cc(F)cc2c(=O)c1C(C)C. The molecule has 2 rings (SSSR count). The molecular formula is C13H13F2NO. The van der Waals surface area contributed by atoms with Crippen LogP contribution in [0.4, 0.5) is 8.78 Å². The number of H-pyrrole nitrogens is 1. The molecular weight excluding hydrogens is 224 g/mol. The number of nitrogens with one attached hydrogen (secondary N) is 1. The minimum Gasteiger partial charge on any atom is -0.356 e. The highest BCUT2D eigenvalue weighted by Crippen LogP contribution is 2.20. The van der Waals surface area contributed by atoms with Crippen molar-refractivity contribution in [1.29, 1.82) is 0 Å². The van der Waals surface area contributed by atoms with E-state index < -0.39 is 11.6 Å². The molecule has 2 nitrogen and oxygen atoms in total. The normalized spacial score (nSPS) is 11.4. The molecule has 0 atom stereocenters. The average molecular weight is 237 g/mol. The lowest BCUT2D eigenvalue weighted by atomic mass is 9.99. The molecule has 2 aromatic rings. The first kappa shape index (κ1) is 11.8. The molecule has 17 heavy (non-hydrogen) atoms. The third-order valence-corrected chi connectivity index (χ3v) is 2.84. The lowest BCUT2D eigenvalue weighted by Crippen LogP contribution is -2.15. The second-order valence-electron chi connectivity index (χ2n) is 4.46. The Balaban J connectivity index is 2.97. The molecule has 1 aromatic carbocycles. The van der Waals surface area contributed by atoms with Crippen molar-refractivity contribution in [2.24, 2.45) is 0 Å². The molecule has 0 spiro atoms. The second kappa shape index (κ2) is 3.95. The van der Waals surface area contributed by atoms with Gasteiger partial charge < -0.3 is 4.98 Å². The standard InChI is InChI=1S/C13H13F2NO/c1-6(2)11-7(3)16-12-9(13(11)17)4-8(14)5-10(12)15/h4-6H,1-3H3,(H,16,17). The molecule has 1 aromatic heterocycles. The van der Waals surface area contributed by atoms with Crippen LogP contribution in [-0.2, 0) is 0 Å². The molecule has 0 aliphatic rings. The van der Waals surface area contributed by atoms with Crippen LogP contribution in [0.25, 0.3) is 10.9 Å². The summed E-state index contributed by atoms with van der Waals surface area (Å²) in [5.41, 5.74) is 0.966. The van der Waals surface area contributed by atoms with E-state index >= 15 is 0 Å². The maximum atomic E-state index is 13.5. The fourth-order valence-electron chi connectivity index (χ4n) is 2.15.